The Morgan fingerprint density at radius 2 is 1.64 bits per heavy atom. The minimum Gasteiger partial charge on any atom is -0.444 e. The number of fused-ring (bicyclic) bond motifs is 2. The molecule has 36 heavy (non-hydrogen) atoms. The lowest BCUT2D eigenvalue weighted by atomic mass is 9.84. The monoisotopic (exact) mass is 513 g/mol. The summed E-state index contributed by atoms with van der Waals surface area (Å²) < 4.78 is 12.5. The number of amides is 1. The number of nitriles is 1. The fraction of sp³-hybridized carbons (Fsp3) is 0.724. The summed E-state index contributed by atoms with van der Waals surface area (Å²) in [4.78, 5) is 17.1. The first-order chi connectivity index (χ1) is 16.7. The van der Waals surface area contributed by atoms with Crippen molar-refractivity contribution < 1.29 is 14.0 Å². The Balaban J connectivity index is 1.58. The summed E-state index contributed by atoms with van der Waals surface area (Å²) in [5, 5.41) is 9.34. The highest BCUT2D eigenvalue weighted by molar-refractivity contribution is 6.74. The van der Waals surface area contributed by atoms with E-state index in [1.165, 1.54) is 12.0 Å². The van der Waals surface area contributed by atoms with Gasteiger partial charge in [-0.2, -0.15) is 5.26 Å². The van der Waals surface area contributed by atoms with Crippen LogP contribution in [0.2, 0.25) is 18.1 Å². The van der Waals surface area contributed by atoms with Gasteiger partial charge >= 0.3 is 6.09 Å². The van der Waals surface area contributed by atoms with Gasteiger partial charge < -0.3 is 19.0 Å². The van der Waals surface area contributed by atoms with Crippen LogP contribution in [0.4, 0.5) is 4.79 Å². The van der Waals surface area contributed by atoms with Crippen molar-refractivity contribution in [1.29, 1.82) is 5.26 Å². The maximum absolute atomic E-state index is 12.6. The van der Waals surface area contributed by atoms with E-state index in [0.29, 0.717) is 17.4 Å². The smallest absolute Gasteiger partial charge is 0.410 e. The number of ether oxygens (including phenoxy) is 1. The maximum atomic E-state index is 12.6. The Morgan fingerprint density at radius 1 is 1.06 bits per heavy atom. The molecule has 2 aliphatic heterocycles. The number of carbonyl (C=O) groups excluding carboxylic acids is 1. The summed E-state index contributed by atoms with van der Waals surface area (Å²) in [7, 11) is -1.94. The molecular formula is C29H47N3O3Si. The SMILES string of the molecule is CC(C)(C)OC(=O)N1CC2CC(CN(CCCC(O[Si](C)(C)C(C)(C)C)c3ccc(C#N)cc3)C2)C1. The summed E-state index contributed by atoms with van der Waals surface area (Å²) in [6.45, 7) is 22.0. The molecule has 0 spiro atoms. The largest absolute Gasteiger partial charge is 0.444 e. The van der Waals surface area contributed by atoms with Gasteiger partial charge in [-0.1, -0.05) is 32.9 Å². The van der Waals surface area contributed by atoms with Crippen molar-refractivity contribution in [3.05, 3.63) is 35.4 Å². The lowest BCUT2D eigenvalue weighted by Gasteiger charge is -2.46. The van der Waals surface area contributed by atoms with Gasteiger partial charge in [-0.15, -0.1) is 0 Å². The third-order valence-electron chi connectivity index (χ3n) is 7.90. The van der Waals surface area contributed by atoms with Gasteiger partial charge in [0.2, 0.25) is 0 Å². The first-order valence-electron chi connectivity index (χ1n) is 13.5. The molecule has 1 aromatic rings. The lowest BCUT2D eigenvalue weighted by Crippen LogP contribution is -2.54. The van der Waals surface area contributed by atoms with Gasteiger partial charge in [-0.3, -0.25) is 0 Å². The van der Waals surface area contributed by atoms with E-state index >= 15 is 0 Å². The zero-order chi connectivity index (χ0) is 26.7. The van der Waals surface area contributed by atoms with Crippen molar-refractivity contribution in [3.63, 3.8) is 0 Å². The van der Waals surface area contributed by atoms with Crippen LogP contribution in [0.3, 0.4) is 0 Å². The number of carbonyl (C=O) groups is 1. The molecule has 1 amide bonds. The second-order valence-electron chi connectivity index (χ2n) is 13.4. The highest BCUT2D eigenvalue weighted by Gasteiger charge is 2.40. The number of hydrogen-bond acceptors (Lipinski definition) is 5. The molecule has 0 aliphatic carbocycles. The van der Waals surface area contributed by atoms with Crippen molar-refractivity contribution in [2.24, 2.45) is 11.8 Å². The minimum absolute atomic E-state index is 0.0468. The number of nitrogens with zero attached hydrogens (tertiary/aromatic N) is 3. The van der Waals surface area contributed by atoms with Gasteiger partial charge in [0.05, 0.1) is 17.7 Å². The van der Waals surface area contributed by atoms with Crippen LogP contribution in [0.1, 0.15) is 78.0 Å². The molecule has 200 valence electrons. The fourth-order valence-corrected chi connectivity index (χ4v) is 6.46. The van der Waals surface area contributed by atoms with E-state index in [1.54, 1.807) is 0 Å². The Hall–Kier alpha value is -1.88. The fourth-order valence-electron chi connectivity index (χ4n) is 5.14. The van der Waals surface area contributed by atoms with Gasteiger partial charge in [0.1, 0.15) is 5.60 Å². The average molecular weight is 514 g/mol. The van der Waals surface area contributed by atoms with Crippen molar-refractivity contribution in [1.82, 2.24) is 9.80 Å². The van der Waals surface area contributed by atoms with E-state index < -0.39 is 13.9 Å². The van der Waals surface area contributed by atoms with Crippen LogP contribution in [0, 0.1) is 23.2 Å². The topological polar surface area (TPSA) is 65.8 Å². The summed E-state index contributed by atoms with van der Waals surface area (Å²) >= 11 is 0. The van der Waals surface area contributed by atoms with E-state index in [9.17, 15) is 10.1 Å². The Kier molecular flexibility index (Phi) is 8.96. The molecule has 0 N–H and O–H groups in total. The van der Waals surface area contributed by atoms with Crippen LogP contribution >= 0.6 is 0 Å². The van der Waals surface area contributed by atoms with E-state index in [2.05, 4.69) is 57.0 Å². The third-order valence-corrected chi connectivity index (χ3v) is 12.4. The van der Waals surface area contributed by atoms with Crippen LogP contribution in [-0.2, 0) is 9.16 Å². The molecular weight excluding hydrogens is 466 g/mol. The molecule has 7 heteroatoms. The summed E-state index contributed by atoms with van der Waals surface area (Å²) in [5.74, 6) is 1.03. The summed E-state index contributed by atoms with van der Waals surface area (Å²) in [6.07, 6.45) is 3.12. The van der Waals surface area contributed by atoms with Crippen molar-refractivity contribution in [3.8, 4) is 6.07 Å². The molecule has 3 rings (SSSR count). The van der Waals surface area contributed by atoms with Crippen LogP contribution in [0.5, 0.6) is 0 Å². The Bertz CT molecular complexity index is 913. The highest BCUT2D eigenvalue weighted by atomic mass is 28.4. The van der Waals surface area contributed by atoms with Gasteiger partial charge in [-0.05, 0) is 94.2 Å². The van der Waals surface area contributed by atoms with Crippen LogP contribution in [0.25, 0.3) is 0 Å². The second kappa shape index (κ2) is 11.2. The summed E-state index contributed by atoms with van der Waals surface area (Å²) in [5.41, 5.74) is 1.40. The quantitative estimate of drug-likeness (QED) is 0.385. The molecule has 6 nitrogen and oxygen atoms in total. The zero-order valence-corrected chi connectivity index (χ0v) is 24.8. The predicted octanol–water partition coefficient (Wildman–Crippen LogP) is 6.59. The van der Waals surface area contributed by atoms with Gasteiger partial charge in [0.15, 0.2) is 8.32 Å². The second-order valence-corrected chi connectivity index (χ2v) is 18.1. The van der Waals surface area contributed by atoms with Crippen LogP contribution in [0.15, 0.2) is 24.3 Å². The molecule has 2 heterocycles. The number of rotatable bonds is 7. The minimum atomic E-state index is -1.94. The molecule has 2 aliphatic rings. The van der Waals surface area contributed by atoms with Crippen LogP contribution < -0.4 is 0 Å². The zero-order valence-electron chi connectivity index (χ0n) is 23.8. The van der Waals surface area contributed by atoms with Gasteiger partial charge in [0, 0.05) is 26.2 Å². The molecule has 1 aromatic carbocycles. The Labute approximate surface area is 220 Å². The van der Waals surface area contributed by atoms with Crippen molar-refractivity contribution in [2.75, 3.05) is 32.7 Å². The highest BCUT2D eigenvalue weighted by Crippen LogP contribution is 2.41. The van der Waals surface area contributed by atoms with Crippen molar-refractivity contribution >= 4 is 14.4 Å². The van der Waals surface area contributed by atoms with Gasteiger partial charge in [0.25, 0.3) is 0 Å². The summed E-state index contributed by atoms with van der Waals surface area (Å²) in [6, 6.07) is 10.2. The standard InChI is InChI=1S/C29H47N3O3Si/c1-28(2,3)34-27(33)32-20-23-16-24(21-32)19-31(18-23)15-9-10-26(35-36(7,8)29(4,5)6)25-13-11-22(17-30)12-14-25/h11-14,23-24,26H,9-10,15-16,18-21H2,1-8H3. The molecule has 2 saturated heterocycles. The third kappa shape index (κ3) is 7.81. The normalized spacial score (nSPS) is 22.1. The van der Waals surface area contributed by atoms with Gasteiger partial charge in [-0.25, -0.2) is 4.79 Å². The molecule has 3 unspecified atom stereocenters. The van der Waals surface area contributed by atoms with E-state index in [0.717, 1.165) is 45.6 Å². The van der Waals surface area contributed by atoms with E-state index in [1.807, 2.05) is 37.8 Å². The molecule has 0 aromatic heterocycles. The molecule has 0 radical (unpaired) electrons. The lowest BCUT2D eigenvalue weighted by molar-refractivity contribution is -0.0101. The van der Waals surface area contributed by atoms with Crippen molar-refractivity contribution in [2.45, 2.75) is 90.6 Å². The Morgan fingerprint density at radius 3 is 2.14 bits per heavy atom. The molecule has 2 bridgehead atoms. The first kappa shape index (κ1) is 28.7. The molecule has 2 fully saturated rings. The number of hydrogen-bond donors (Lipinski definition) is 0. The number of benzene rings is 1. The predicted molar refractivity (Wildman–Crippen MR) is 147 cm³/mol. The van der Waals surface area contributed by atoms with Crippen LogP contribution in [-0.4, -0.2) is 62.5 Å². The van der Waals surface area contributed by atoms with E-state index in [-0.39, 0.29) is 17.2 Å². The molecule has 0 saturated carbocycles. The molecule has 3 atom stereocenters. The first-order valence-corrected chi connectivity index (χ1v) is 16.5. The number of piperidine rings is 2. The average Bonchev–Trinajstić information content (AvgIpc) is 2.76. The maximum Gasteiger partial charge on any atom is 0.410 e. The number of likely N-dealkylation sites (tertiary alicyclic amines) is 2. The van der Waals surface area contributed by atoms with E-state index in [4.69, 9.17) is 9.16 Å².